The molecule has 6 nitrogen and oxygen atoms in total. The highest BCUT2D eigenvalue weighted by molar-refractivity contribution is 5.95. The molecule has 1 amide bonds. The van der Waals surface area contributed by atoms with Crippen LogP contribution in [0.25, 0.3) is 0 Å². The van der Waals surface area contributed by atoms with E-state index in [1.807, 2.05) is 19.9 Å². The third kappa shape index (κ3) is 3.16. The van der Waals surface area contributed by atoms with Crippen LogP contribution in [0.2, 0.25) is 0 Å². The minimum atomic E-state index is -0.426. The summed E-state index contributed by atoms with van der Waals surface area (Å²) in [4.78, 5) is 12.4. The number of nitrogens with two attached hydrogens (primary N) is 1. The highest BCUT2D eigenvalue weighted by Gasteiger charge is 2.19. The van der Waals surface area contributed by atoms with Gasteiger partial charge in [-0.05, 0) is 45.0 Å². The average molecular weight is 288 g/mol. The number of nitrogen functional groups attached to an aromatic ring is 1. The van der Waals surface area contributed by atoms with Gasteiger partial charge in [0.25, 0.3) is 0 Å². The van der Waals surface area contributed by atoms with Crippen molar-refractivity contribution in [3.8, 4) is 5.75 Å². The second-order valence-electron chi connectivity index (χ2n) is 5.00. The van der Waals surface area contributed by atoms with Crippen molar-refractivity contribution in [3.05, 3.63) is 35.7 Å². The molecule has 6 heteroatoms. The maximum absolute atomic E-state index is 12.4. The highest BCUT2D eigenvalue weighted by atomic mass is 16.5. The third-order valence-corrected chi connectivity index (χ3v) is 3.27. The molecular formula is C15H20N4O2. The molecule has 3 N–H and O–H groups in total. The largest absolute Gasteiger partial charge is 0.495 e. The zero-order valence-corrected chi connectivity index (χ0v) is 12.7. The van der Waals surface area contributed by atoms with Crippen LogP contribution in [0, 0.1) is 13.8 Å². The van der Waals surface area contributed by atoms with Gasteiger partial charge in [-0.15, -0.1) is 0 Å². The molecule has 112 valence electrons. The Labute approximate surface area is 123 Å². The van der Waals surface area contributed by atoms with Crippen molar-refractivity contribution in [2.75, 3.05) is 18.2 Å². The molecule has 0 saturated carbocycles. The SMILES string of the molecule is COc1ccc(N)cc1NC(=O)C(C)n1nc(C)cc1C. The van der Waals surface area contributed by atoms with Gasteiger partial charge >= 0.3 is 0 Å². The Hall–Kier alpha value is -2.50. The van der Waals surface area contributed by atoms with Gasteiger partial charge in [0.05, 0.1) is 18.5 Å². The molecule has 0 bridgehead atoms. The Balaban J connectivity index is 2.22. The first-order valence-corrected chi connectivity index (χ1v) is 6.69. The molecule has 0 radical (unpaired) electrons. The van der Waals surface area contributed by atoms with Crippen molar-refractivity contribution < 1.29 is 9.53 Å². The molecular weight excluding hydrogens is 268 g/mol. The van der Waals surface area contributed by atoms with Crippen molar-refractivity contribution in [2.45, 2.75) is 26.8 Å². The number of carbonyl (C=O) groups excluding carboxylic acids is 1. The van der Waals surface area contributed by atoms with Gasteiger partial charge in [-0.2, -0.15) is 5.10 Å². The van der Waals surface area contributed by atoms with Gasteiger partial charge in [0.1, 0.15) is 11.8 Å². The number of benzene rings is 1. The lowest BCUT2D eigenvalue weighted by Gasteiger charge is -2.16. The monoisotopic (exact) mass is 288 g/mol. The second kappa shape index (κ2) is 5.87. The van der Waals surface area contributed by atoms with E-state index < -0.39 is 6.04 Å². The van der Waals surface area contributed by atoms with E-state index in [1.54, 1.807) is 36.9 Å². The van der Waals surface area contributed by atoms with Gasteiger partial charge < -0.3 is 15.8 Å². The van der Waals surface area contributed by atoms with Crippen molar-refractivity contribution in [1.29, 1.82) is 0 Å². The standard InChI is InChI=1S/C15H20N4O2/c1-9-7-10(2)19(18-9)11(3)15(20)17-13-8-12(16)5-6-14(13)21-4/h5-8,11H,16H2,1-4H3,(H,17,20). The van der Waals surface area contributed by atoms with Crippen molar-refractivity contribution >= 4 is 17.3 Å². The molecule has 1 unspecified atom stereocenters. The zero-order chi connectivity index (χ0) is 15.6. The Morgan fingerprint density at radius 3 is 2.67 bits per heavy atom. The van der Waals surface area contributed by atoms with Gasteiger partial charge in [-0.25, -0.2) is 0 Å². The topological polar surface area (TPSA) is 82.2 Å². The number of nitrogens with zero attached hydrogens (tertiary/aromatic N) is 2. The summed E-state index contributed by atoms with van der Waals surface area (Å²) in [5, 5.41) is 7.17. The fraction of sp³-hybridized carbons (Fsp3) is 0.333. The normalized spacial score (nSPS) is 12.0. The van der Waals surface area contributed by atoms with Crippen LogP contribution in [0.3, 0.4) is 0 Å². The van der Waals surface area contributed by atoms with Crippen LogP contribution in [0.4, 0.5) is 11.4 Å². The summed E-state index contributed by atoms with van der Waals surface area (Å²) in [7, 11) is 1.55. The zero-order valence-electron chi connectivity index (χ0n) is 12.7. The van der Waals surface area contributed by atoms with Gasteiger partial charge in [-0.1, -0.05) is 0 Å². The minimum absolute atomic E-state index is 0.176. The number of aromatic nitrogens is 2. The molecule has 1 aromatic carbocycles. The van der Waals surface area contributed by atoms with E-state index in [1.165, 1.54) is 0 Å². The molecule has 2 aromatic rings. The summed E-state index contributed by atoms with van der Waals surface area (Å²) in [6, 6.07) is 6.62. The van der Waals surface area contributed by atoms with Crippen LogP contribution in [0.5, 0.6) is 5.75 Å². The third-order valence-electron chi connectivity index (χ3n) is 3.27. The van der Waals surface area contributed by atoms with Crippen molar-refractivity contribution in [2.24, 2.45) is 0 Å². The van der Waals surface area contributed by atoms with E-state index >= 15 is 0 Å². The second-order valence-corrected chi connectivity index (χ2v) is 5.00. The quantitative estimate of drug-likeness (QED) is 0.846. The molecule has 2 rings (SSSR count). The molecule has 0 aliphatic heterocycles. The number of nitrogens with one attached hydrogen (secondary N) is 1. The van der Waals surface area contributed by atoms with E-state index in [-0.39, 0.29) is 5.91 Å². The van der Waals surface area contributed by atoms with E-state index in [0.717, 1.165) is 11.4 Å². The van der Waals surface area contributed by atoms with Crippen LogP contribution in [-0.4, -0.2) is 22.8 Å². The van der Waals surface area contributed by atoms with Crippen molar-refractivity contribution in [1.82, 2.24) is 9.78 Å². The molecule has 1 atom stereocenters. The fourth-order valence-electron chi connectivity index (χ4n) is 2.21. The molecule has 0 saturated heterocycles. The number of carbonyl (C=O) groups is 1. The first-order valence-electron chi connectivity index (χ1n) is 6.69. The highest BCUT2D eigenvalue weighted by Crippen LogP contribution is 2.27. The van der Waals surface area contributed by atoms with Crippen LogP contribution < -0.4 is 15.8 Å². The molecule has 1 aromatic heterocycles. The van der Waals surface area contributed by atoms with Crippen LogP contribution in [-0.2, 0) is 4.79 Å². The first kappa shape index (κ1) is 14.9. The Morgan fingerprint density at radius 1 is 1.38 bits per heavy atom. The molecule has 0 aliphatic carbocycles. The first-order chi connectivity index (χ1) is 9.92. The predicted molar refractivity (Wildman–Crippen MR) is 82.4 cm³/mol. The van der Waals surface area contributed by atoms with Crippen LogP contribution in [0.1, 0.15) is 24.4 Å². The van der Waals surface area contributed by atoms with Gasteiger partial charge in [-0.3, -0.25) is 9.48 Å². The lowest BCUT2D eigenvalue weighted by atomic mass is 10.2. The maximum atomic E-state index is 12.4. The van der Waals surface area contributed by atoms with Gasteiger partial charge in [0.2, 0.25) is 5.91 Å². The summed E-state index contributed by atoms with van der Waals surface area (Å²) < 4.78 is 6.92. The van der Waals surface area contributed by atoms with E-state index in [4.69, 9.17) is 10.5 Å². The number of rotatable bonds is 4. The fourth-order valence-corrected chi connectivity index (χ4v) is 2.21. The van der Waals surface area contributed by atoms with Crippen molar-refractivity contribution in [3.63, 3.8) is 0 Å². The summed E-state index contributed by atoms with van der Waals surface area (Å²) in [5.41, 5.74) is 8.68. The lowest BCUT2D eigenvalue weighted by Crippen LogP contribution is -2.25. The van der Waals surface area contributed by atoms with E-state index in [2.05, 4.69) is 10.4 Å². The molecule has 0 spiro atoms. The predicted octanol–water partition coefficient (Wildman–Crippen LogP) is 2.29. The summed E-state index contributed by atoms with van der Waals surface area (Å²) >= 11 is 0. The van der Waals surface area contributed by atoms with Gasteiger partial charge in [0, 0.05) is 11.4 Å². The number of anilines is 2. The summed E-state index contributed by atoms with van der Waals surface area (Å²) in [5.74, 6) is 0.392. The minimum Gasteiger partial charge on any atom is -0.495 e. The Morgan fingerprint density at radius 2 is 2.10 bits per heavy atom. The summed E-state index contributed by atoms with van der Waals surface area (Å²) in [6.07, 6.45) is 0. The number of methoxy groups -OCH3 is 1. The van der Waals surface area contributed by atoms with Crippen LogP contribution in [0.15, 0.2) is 24.3 Å². The van der Waals surface area contributed by atoms with E-state index in [0.29, 0.717) is 17.1 Å². The number of hydrogen-bond acceptors (Lipinski definition) is 4. The molecule has 21 heavy (non-hydrogen) atoms. The maximum Gasteiger partial charge on any atom is 0.249 e. The average Bonchev–Trinajstić information content (AvgIpc) is 2.77. The van der Waals surface area contributed by atoms with Gasteiger partial charge in [0.15, 0.2) is 0 Å². The number of aryl methyl sites for hydroxylation is 2. The molecule has 0 fully saturated rings. The van der Waals surface area contributed by atoms with E-state index in [9.17, 15) is 4.79 Å². The molecule has 0 aliphatic rings. The number of amides is 1. The smallest absolute Gasteiger partial charge is 0.249 e. The lowest BCUT2D eigenvalue weighted by molar-refractivity contribution is -0.119. The number of hydrogen-bond donors (Lipinski definition) is 2. The summed E-state index contributed by atoms with van der Waals surface area (Å²) in [6.45, 7) is 5.62. The van der Waals surface area contributed by atoms with Crippen LogP contribution >= 0.6 is 0 Å². The Kier molecular flexibility index (Phi) is 4.16. The molecule has 1 heterocycles. The Bertz CT molecular complexity index is 664. The number of ether oxygens (including phenoxy) is 1.